The molecule has 3 nitrogen and oxygen atoms in total. The van der Waals surface area contributed by atoms with Crippen molar-refractivity contribution in [3.8, 4) is 0 Å². The highest BCUT2D eigenvalue weighted by Gasteiger charge is 2.19. The van der Waals surface area contributed by atoms with Gasteiger partial charge in [0.1, 0.15) is 5.76 Å². The van der Waals surface area contributed by atoms with Crippen LogP contribution >= 0.6 is 11.6 Å². The Morgan fingerprint density at radius 3 is 3.00 bits per heavy atom. The molecule has 1 aliphatic rings. The lowest BCUT2D eigenvalue weighted by Gasteiger charge is -2.26. The summed E-state index contributed by atoms with van der Waals surface area (Å²) < 4.78 is 5.24. The maximum absolute atomic E-state index is 9.50. The van der Waals surface area contributed by atoms with E-state index in [0.29, 0.717) is 17.8 Å². The largest absolute Gasteiger partial charge is 0.448 e. The van der Waals surface area contributed by atoms with Crippen LogP contribution in [0, 0.1) is 0 Å². The minimum Gasteiger partial charge on any atom is -0.448 e. The highest BCUT2D eigenvalue weighted by molar-refractivity contribution is 6.28. The standard InChI is InChI=1S/C11H16ClNO2/c12-11-5-4-10(15-11)7-13-8-2-1-3-9(14)6-8/h4-5,8-9,13-14H,1-3,6-7H2. The van der Waals surface area contributed by atoms with Crippen LogP contribution < -0.4 is 5.32 Å². The second-order valence-corrected chi connectivity index (χ2v) is 4.48. The second-order valence-electron chi connectivity index (χ2n) is 4.10. The Morgan fingerprint density at radius 2 is 2.33 bits per heavy atom. The molecule has 2 rings (SSSR count). The fraction of sp³-hybridized carbons (Fsp3) is 0.636. The Kier molecular flexibility index (Phi) is 3.67. The van der Waals surface area contributed by atoms with E-state index in [1.165, 1.54) is 0 Å². The van der Waals surface area contributed by atoms with Gasteiger partial charge in [0.25, 0.3) is 0 Å². The van der Waals surface area contributed by atoms with E-state index in [0.717, 1.165) is 31.4 Å². The maximum Gasteiger partial charge on any atom is 0.193 e. The summed E-state index contributed by atoms with van der Waals surface area (Å²) in [7, 11) is 0. The van der Waals surface area contributed by atoms with Gasteiger partial charge in [0.15, 0.2) is 5.22 Å². The first-order valence-electron chi connectivity index (χ1n) is 5.39. The topological polar surface area (TPSA) is 45.4 Å². The lowest BCUT2D eigenvalue weighted by molar-refractivity contribution is 0.111. The smallest absolute Gasteiger partial charge is 0.193 e. The van der Waals surface area contributed by atoms with Gasteiger partial charge in [-0.3, -0.25) is 0 Å². The summed E-state index contributed by atoms with van der Waals surface area (Å²) in [4.78, 5) is 0. The van der Waals surface area contributed by atoms with Gasteiger partial charge in [-0.15, -0.1) is 0 Å². The molecule has 0 bridgehead atoms. The van der Waals surface area contributed by atoms with E-state index in [9.17, 15) is 5.11 Å². The van der Waals surface area contributed by atoms with Crippen LogP contribution in [0.15, 0.2) is 16.5 Å². The molecule has 1 aliphatic carbocycles. The average Bonchev–Trinajstić information content (AvgIpc) is 2.62. The third kappa shape index (κ3) is 3.23. The van der Waals surface area contributed by atoms with Crippen molar-refractivity contribution in [2.24, 2.45) is 0 Å². The molecule has 0 amide bonds. The summed E-state index contributed by atoms with van der Waals surface area (Å²) in [6.07, 6.45) is 3.86. The van der Waals surface area contributed by atoms with Gasteiger partial charge in [0.2, 0.25) is 0 Å². The molecule has 1 saturated carbocycles. The predicted octanol–water partition coefficient (Wildman–Crippen LogP) is 2.33. The highest BCUT2D eigenvalue weighted by Crippen LogP contribution is 2.19. The molecule has 0 aromatic carbocycles. The van der Waals surface area contributed by atoms with Gasteiger partial charge < -0.3 is 14.8 Å². The van der Waals surface area contributed by atoms with Gasteiger partial charge >= 0.3 is 0 Å². The Bertz CT molecular complexity index is 313. The van der Waals surface area contributed by atoms with Gasteiger partial charge in [-0.25, -0.2) is 0 Å². The molecule has 0 spiro atoms. The van der Waals surface area contributed by atoms with Crippen LogP contribution in [-0.4, -0.2) is 17.3 Å². The van der Waals surface area contributed by atoms with Gasteiger partial charge in [-0.2, -0.15) is 0 Å². The van der Waals surface area contributed by atoms with Crippen LogP contribution in [0.4, 0.5) is 0 Å². The van der Waals surface area contributed by atoms with Crippen LogP contribution in [-0.2, 0) is 6.54 Å². The molecular weight excluding hydrogens is 214 g/mol. The molecule has 15 heavy (non-hydrogen) atoms. The second kappa shape index (κ2) is 5.01. The summed E-state index contributed by atoms with van der Waals surface area (Å²) >= 11 is 5.67. The molecule has 2 atom stereocenters. The molecule has 2 unspecified atom stereocenters. The lowest BCUT2D eigenvalue weighted by atomic mass is 9.93. The Labute approximate surface area is 94.4 Å². The number of furan rings is 1. The molecule has 0 radical (unpaired) electrons. The molecule has 1 aromatic rings. The number of halogens is 1. The summed E-state index contributed by atoms with van der Waals surface area (Å²) in [6, 6.07) is 4.01. The fourth-order valence-electron chi connectivity index (χ4n) is 2.04. The first-order valence-corrected chi connectivity index (χ1v) is 5.77. The van der Waals surface area contributed by atoms with Crippen molar-refractivity contribution in [1.82, 2.24) is 5.32 Å². The molecular formula is C11H16ClNO2. The first-order chi connectivity index (χ1) is 7.24. The zero-order chi connectivity index (χ0) is 10.7. The molecule has 1 fully saturated rings. The van der Waals surface area contributed by atoms with Gasteiger partial charge in [0, 0.05) is 6.04 Å². The van der Waals surface area contributed by atoms with Gasteiger partial charge in [-0.1, -0.05) is 0 Å². The molecule has 0 saturated heterocycles. The van der Waals surface area contributed by atoms with E-state index < -0.39 is 0 Å². The number of nitrogens with one attached hydrogen (secondary N) is 1. The zero-order valence-corrected chi connectivity index (χ0v) is 9.33. The third-order valence-corrected chi connectivity index (χ3v) is 3.04. The normalized spacial score (nSPS) is 26.8. The minimum absolute atomic E-state index is 0.142. The van der Waals surface area contributed by atoms with Gasteiger partial charge in [-0.05, 0) is 49.4 Å². The lowest BCUT2D eigenvalue weighted by Crippen LogP contribution is -2.35. The van der Waals surface area contributed by atoms with Crippen molar-refractivity contribution < 1.29 is 9.52 Å². The van der Waals surface area contributed by atoms with E-state index in [2.05, 4.69) is 5.32 Å². The Hall–Kier alpha value is -0.510. The minimum atomic E-state index is -0.142. The number of hydrogen-bond acceptors (Lipinski definition) is 3. The number of aliphatic hydroxyl groups excluding tert-OH is 1. The molecule has 2 N–H and O–H groups in total. The zero-order valence-electron chi connectivity index (χ0n) is 8.58. The summed E-state index contributed by atoms with van der Waals surface area (Å²) in [5, 5.41) is 13.3. The van der Waals surface area contributed by atoms with E-state index in [-0.39, 0.29) is 6.10 Å². The van der Waals surface area contributed by atoms with Crippen LogP contribution in [0.25, 0.3) is 0 Å². The quantitative estimate of drug-likeness (QED) is 0.836. The van der Waals surface area contributed by atoms with E-state index in [1.807, 2.05) is 6.07 Å². The average molecular weight is 230 g/mol. The van der Waals surface area contributed by atoms with Crippen molar-refractivity contribution in [2.45, 2.75) is 44.4 Å². The first kappa shape index (κ1) is 11.0. The van der Waals surface area contributed by atoms with Crippen LogP contribution in [0.2, 0.25) is 5.22 Å². The van der Waals surface area contributed by atoms with Crippen LogP contribution in [0.1, 0.15) is 31.4 Å². The van der Waals surface area contributed by atoms with Crippen LogP contribution in [0.3, 0.4) is 0 Å². The van der Waals surface area contributed by atoms with Crippen molar-refractivity contribution >= 4 is 11.6 Å². The van der Waals surface area contributed by atoms with Crippen molar-refractivity contribution in [1.29, 1.82) is 0 Å². The number of rotatable bonds is 3. The summed E-state index contributed by atoms with van der Waals surface area (Å²) in [5.74, 6) is 0.847. The van der Waals surface area contributed by atoms with E-state index in [4.69, 9.17) is 16.0 Å². The SMILES string of the molecule is OC1CCCC(NCc2ccc(Cl)o2)C1. The molecule has 1 aromatic heterocycles. The highest BCUT2D eigenvalue weighted by atomic mass is 35.5. The monoisotopic (exact) mass is 229 g/mol. The van der Waals surface area contributed by atoms with Crippen molar-refractivity contribution in [3.05, 3.63) is 23.1 Å². The molecule has 0 aliphatic heterocycles. The Balaban J connectivity index is 1.77. The molecule has 84 valence electrons. The Morgan fingerprint density at radius 1 is 1.47 bits per heavy atom. The maximum atomic E-state index is 9.50. The molecule has 1 heterocycles. The fourth-order valence-corrected chi connectivity index (χ4v) is 2.20. The summed E-state index contributed by atoms with van der Waals surface area (Å²) in [6.45, 7) is 0.685. The molecule has 4 heteroatoms. The van der Waals surface area contributed by atoms with Crippen molar-refractivity contribution in [2.75, 3.05) is 0 Å². The van der Waals surface area contributed by atoms with E-state index >= 15 is 0 Å². The predicted molar refractivity (Wildman–Crippen MR) is 58.8 cm³/mol. The van der Waals surface area contributed by atoms with Crippen molar-refractivity contribution in [3.63, 3.8) is 0 Å². The third-order valence-electron chi connectivity index (χ3n) is 2.84. The van der Waals surface area contributed by atoms with Crippen LogP contribution in [0.5, 0.6) is 0 Å². The van der Waals surface area contributed by atoms with Gasteiger partial charge in [0.05, 0.1) is 12.6 Å². The summed E-state index contributed by atoms with van der Waals surface area (Å²) in [5.41, 5.74) is 0. The van der Waals surface area contributed by atoms with E-state index in [1.54, 1.807) is 6.07 Å². The number of aliphatic hydroxyl groups is 1. The number of hydrogen-bond donors (Lipinski definition) is 2.